The lowest BCUT2D eigenvalue weighted by molar-refractivity contribution is -0.132. The quantitative estimate of drug-likeness (QED) is 0.773. The lowest BCUT2D eigenvalue weighted by Crippen LogP contribution is -2.41. The number of amides is 2. The lowest BCUT2D eigenvalue weighted by Gasteiger charge is -2.32. The minimum atomic E-state index is -0.926. The number of rotatable bonds is 7. The molecule has 0 saturated carbocycles. The van der Waals surface area contributed by atoms with Crippen molar-refractivity contribution in [1.82, 2.24) is 20.2 Å². The molecule has 1 saturated heterocycles. The van der Waals surface area contributed by atoms with E-state index in [4.69, 9.17) is 0 Å². The molecule has 1 aliphatic rings. The van der Waals surface area contributed by atoms with E-state index in [0.29, 0.717) is 30.6 Å². The smallest absolute Gasteiger partial charge is 0.228 e. The van der Waals surface area contributed by atoms with E-state index >= 15 is 0 Å². The summed E-state index contributed by atoms with van der Waals surface area (Å²) < 4.78 is 26.1. The van der Waals surface area contributed by atoms with E-state index in [2.05, 4.69) is 15.3 Å². The molecule has 1 aromatic carbocycles. The number of nitrogens with one attached hydrogen (secondary N) is 1. The Labute approximate surface area is 168 Å². The van der Waals surface area contributed by atoms with Crippen LogP contribution in [0.25, 0.3) is 0 Å². The number of carbonyl (C=O) groups excluding carboxylic acids is 2. The molecule has 8 heteroatoms. The third-order valence-electron chi connectivity index (χ3n) is 5.07. The highest BCUT2D eigenvalue weighted by molar-refractivity contribution is 5.78. The highest BCUT2D eigenvalue weighted by atomic mass is 19.2. The van der Waals surface area contributed by atoms with E-state index in [0.717, 1.165) is 31.5 Å². The summed E-state index contributed by atoms with van der Waals surface area (Å²) in [5, 5.41) is 2.73. The molecule has 3 rings (SSSR count). The van der Waals surface area contributed by atoms with Crippen LogP contribution >= 0.6 is 0 Å². The molecule has 2 heterocycles. The molecule has 1 atom stereocenters. The van der Waals surface area contributed by atoms with E-state index in [-0.39, 0.29) is 30.7 Å². The van der Waals surface area contributed by atoms with E-state index in [9.17, 15) is 18.4 Å². The SMILES string of the molecule is O=C(CC[C@H]1CCCN(C(=O)Cc2cnccn2)C1)NCc1ccc(F)c(F)c1. The molecule has 1 N–H and O–H groups in total. The van der Waals surface area contributed by atoms with E-state index < -0.39 is 11.6 Å². The minimum Gasteiger partial charge on any atom is -0.352 e. The molecular weight excluding hydrogens is 378 g/mol. The number of aromatic nitrogens is 2. The fourth-order valence-electron chi connectivity index (χ4n) is 3.49. The Morgan fingerprint density at radius 2 is 2.07 bits per heavy atom. The Kier molecular flexibility index (Phi) is 7.21. The van der Waals surface area contributed by atoms with Gasteiger partial charge in [0.2, 0.25) is 11.8 Å². The van der Waals surface area contributed by atoms with Crippen molar-refractivity contribution < 1.29 is 18.4 Å². The molecule has 0 spiro atoms. The maximum absolute atomic E-state index is 13.2. The molecule has 1 aromatic heterocycles. The summed E-state index contributed by atoms with van der Waals surface area (Å²) in [6.45, 7) is 1.51. The molecule has 1 aliphatic heterocycles. The Hall–Kier alpha value is -2.90. The van der Waals surface area contributed by atoms with Crippen LogP contribution in [-0.4, -0.2) is 39.8 Å². The van der Waals surface area contributed by atoms with Crippen LogP contribution in [0, 0.1) is 17.6 Å². The summed E-state index contributed by atoms with van der Waals surface area (Å²) >= 11 is 0. The van der Waals surface area contributed by atoms with Crippen molar-refractivity contribution in [3.8, 4) is 0 Å². The van der Waals surface area contributed by atoms with Crippen LogP contribution < -0.4 is 5.32 Å². The third kappa shape index (κ3) is 6.30. The molecule has 2 amide bonds. The number of benzene rings is 1. The molecule has 0 bridgehead atoms. The van der Waals surface area contributed by atoms with Crippen LogP contribution in [0.15, 0.2) is 36.8 Å². The molecular formula is C21H24F2N4O2. The highest BCUT2D eigenvalue weighted by Gasteiger charge is 2.24. The second-order valence-corrected chi connectivity index (χ2v) is 7.29. The van der Waals surface area contributed by atoms with Gasteiger partial charge >= 0.3 is 0 Å². The van der Waals surface area contributed by atoms with Crippen LogP contribution in [0.5, 0.6) is 0 Å². The predicted molar refractivity (Wildman–Crippen MR) is 102 cm³/mol. The first-order chi connectivity index (χ1) is 14.0. The molecule has 0 aliphatic carbocycles. The zero-order chi connectivity index (χ0) is 20.6. The van der Waals surface area contributed by atoms with Gasteiger partial charge < -0.3 is 10.2 Å². The lowest BCUT2D eigenvalue weighted by atomic mass is 9.93. The van der Waals surface area contributed by atoms with Gasteiger partial charge in [-0.3, -0.25) is 19.6 Å². The van der Waals surface area contributed by atoms with Crippen molar-refractivity contribution >= 4 is 11.8 Å². The number of hydrogen-bond acceptors (Lipinski definition) is 4. The highest BCUT2D eigenvalue weighted by Crippen LogP contribution is 2.21. The average Bonchev–Trinajstić information content (AvgIpc) is 2.74. The number of piperidine rings is 1. The molecule has 1 fully saturated rings. The zero-order valence-corrected chi connectivity index (χ0v) is 16.1. The number of nitrogens with zero attached hydrogens (tertiary/aromatic N) is 3. The van der Waals surface area contributed by atoms with Crippen LogP contribution in [0.2, 0.25) is 0 Å². The first-order valence-corrected chi connectivity index (χ1v) is 9.74. The number of likely N-dealkylation sites (tertiary alicyclic amines) is 1. The third-order valence-corrected chi connectivity index (χ3v) is 5.07. The van der Waals surface area contributed by atoms with Crippen LogP contribution in [-0.2, 0) is 22.6 Å². The number of hydrogen-bond donors (Lipinski definition) is 1. The van der Waals surface area contributed by atoms with Crippen molar-refractivity contribution in [2.75, 3.05) is 13.1 Å². The Morgan fingerprint density at radius 3 is 2.83 bits per heavy atom. The maximum Gasteiger partial charge on any atom is 0.228 e. The van der Waals surface area contributed by atoms with Gasteiger partial charge in [-0.25, -0.2) is 8.78 Å². The van der Waals surface area contributed by atoms with Gasteiger partial charge in [-0.05, 0) is 42.9 Å². The summed E-state index contributed by atoms with van der Waals surface area (Å²) in [5.41, 5.74) is 1.16. The summed E-state index contributed by atoms with van der Waals surface area (Å²) in [5.74, 6) is -1.68. The first kappa shape index (κ1) is 20.8. The first-order valence-electron chi connectivity index (χ1n) is 9.74. The Morgan fingerprint density at radius 1 is 1.21 bits per heavy atom. The number of carbonyl (C=O) groups is 2. The topological polar surface area (TPSA) is 75.2 Å². The van der Waals surface area contributed by atoms with Gasteiger partial charge in [0.1, 0.15) is 0 Å². The average molecular weight is 402 g/mol. The van der Waals surface area contributed by atoms with Gasteiger partial charge in [-0.1, -0.05) is 6.07 Å². The van der Waals surface area contributed by atoms with Crippen LogP contribution in [0.1, 0.15) is 36.9 Å². The fraction of sp³-hybridized carbons (Fsp3) is 0.429. The predicted octanol–water partition coefficient (Wildman–Crippen LogP) is 2.63. The van der Waals surface area contributed by atoms with Crippen molar-refractivity contribution in [3.05, 3.63) is 59.7 Å². The molecule has 6 nitrogen and oxygen atoms in total. The molecule has 2 aromatic rings. The number of halogens is 2. The van der Waals surface area contributed by atoms with Gasteiger partial charge in [0, 0.05) is 44.6 Å². The second-order valence-electron chi connectivity index (χ2n) is 7.29. The van der Waals surface area contributed by atoms with E-state index in [1.165, 1.54) is 6.07 Å². The van der Waals surface area contributed by atoms with Crippen LogP contribution in [0.3, 0.4) is 0 Å². The van der Waals surface area contributed by atoms with Gasteiger partial charge in [-0.2, -0.15) is 0 Å². The summed E-state index contributed by atoms with van der Waals surface area (Å²) in [4.78, 5) is 34.5. The molecule has 29 heavy (non-hydrogen) atoms. The van der Waals surface area contributed by atoms with E-state index in [1.807, 2.05) is 4.90 Å². The largest absolute Gasteiger partial charge is 0.352 e. The van der Waals surface area contributed by atoms with Crippen molar-refractivity contribution in [3.63, 3.8) is 0 Å². The maximum atomic E-state index is 13.2. The molecule has 0 radical (unpaired) electrons. The zero-order valence-electron chi connectivity index (χ0n) is 16.1. The van der Waals surface area contributed by atoms with Crippen molar-refractivity contribution in [2.24, 2.45) is 5.92 Å². The monoisotopic (exact) mass is 402 g/mol. The molecule has 154 valence electrons. The Balaban J connectivity index is 1.41. The standard InChI is InChI=1S/C21H24F2N4O2/c22-18-5-3-16(10-19(18)23)12-26-20(28)6-4-15-2-1-9-27(14-15)21(29)11-17-13-24-7-8-25-17/h3,5,7-8,10,13,15H,1-2,4,6,9,11-12,14H2,(H,26,28)/t15-/m1/s1. The fourth-order valence-corrected chi connectivity index (χ4v) is 3.49. The van der Waals surface area contributed by atoms with E-state index in [1.54, 1.807) is 18.6 Å². The van der Waals surface area contributed by atoms with Crippen molar-refractivity contribution in [1.29, 1.82) is 0 Å². The van der Waals surface area contributed by atoms with Gasteiger partial charge in [0.05, 0.1) is 12.1 Å². The second kappa shape index (κ2) is 10.0. The minimum absolute atomic E-state index is 0.0259. The van der Waals surface area contributed by atoms with Gasteiger partial charge in [0.25, 0.3) is 0 Å². The summed E-state index contributed by atoms with van der Waals surface area (Å²) in [6, 6.07) is 3.57. The normalized spacial score (nSPS) is 16.5. The summed E-state index contributed by atoms with van der Waals surface area (Å²) in [7, 11) is 0. The Bertz CT molecular complexity index is 848. The van der Waals surface area contributed by atoms with Crippen molar-refractivity contribution in [2.45, 2.75) is 38.6 Å². The van der Waals surface area contributed by atoms with Gasteiger partial charge in [-0.15, -0.1) is 0 Å². The molecule has 0 unspecified atom stereocenters. The van der Waals surface area contributed by atoms with Gasteiger partial charge in [0.15, 0.2) is 11.6 Å². The summed E-state index contributed by atoms with van der Waals surface area (Å²) in [6.07, 6.45) is 7.87. The van der Waals surface area contributed by atoms with Crippen LogP contribution in [0.4, 0.5) is 8.78 Å².